The van der Waals surface area contributed by atoms with E-state index in [1.165, 1.54) is 0 Å². The quantitative estimate of drug-likeness (QED) is 0.850. The minimum Gasteiger partial charge on any atom is -0.368 e. The van der Waals surface area contributed by atoms with Crippen LogP contribution in [0.4, 0.5) is 0 Å². The molecule has 1 unspecified atom stereocenters. The van der Waals surface area contributed by atoms with E-state index in [9.17, 15) is 4.79 Å². The number of nitrogens with two attached hydrogens (primary N) is 1. The summed E-state index contributed by atoms with van der Waals surface area (Å²) in [5.74, 6) is -0.492. The fourth-order valence-electron chi connectivity index (χ4n) is 1.47. The van der Waals surface area contributed by atoms with Crippen LogP contribution in [0.25, 0.3) is 0 Å². The fraction of sp³-hybridized carbons (Fsp3) is 0.364. The third-order valence-electron chi connectivity index (χ3n) is 2.29. The standard InChI is InChI=1S/C11H13BrClNO/c1-2-7-11(13,10(14)15)8-3-5-9(12)6-4-8/h3-6H,2,7H2,1H3,(H2,14,15). The SMILES string of the molecule is CCCC(Cl)(C(N)=O)c1ccc(Br)cc1. The van der Waals surface area contributed by atoms with E-state index in [-0.39, 0.29) is 0 Å². The van der Waals surface area contributed by atoms with E-state index in [2.05, 4.69) is 15.9 Å². The molecule has 0 aliphatic heterocycles. The molecular weight excluding hydrogens is 277 g/mol. The zero-order valence-corrected chi connectivity index (χ0v) is 10.8. The number of carbonyl (C=O) groups is 1. The van der Waals surface area contributed by atoms with Crippen LogP contribution in [0.2, 0.25) is 0 Å². The number of rotatable bonds is 4. The molecule has 0 bridgehead atoms. The summed E-state index contributed by atoms with van der Waals surface area (Å²) in [6.07, 6.45) is 1.36. The van der Waals surface area contributed by atoms with Gasteiger partial charge in [-0.2, -0.15) is 0 Å². The van der Waals surface area contributed by atoms with E-state index in [0.29, 0.717) is 6.42 Å². The maximum absolute atomic E-state index is 11.4. The van der Waals surface area contributed by atoms with Gasteiger partial charge in [-0.1, -0.05) is 41.4 Å². The molecule has 1 rings (SSSR count). The van der Waals surface area contributed by atoms with Gasteiger partial charge in [-0.15, -0.1) is 11.6 Å². The molecule has 0 spiro atoms. The van der Waals surface area contributed by atoms with Gasteiger partial charge < -0.3 is 5.73 Å². The van der Waals surface area contributed by atoms with Gasteiger partial charge in [-0.05, 0) is 24.1 Å². The Morgan fingerprint density at radius 1 is 1.47 bits per heavy atom. The molecule has 0 radical (unpaired) electrons. The second-order valence-electron chi connectivity index (χ2n) is 3.42. The van der Waals surface area contributed by atoms with Crippen LogP contribution < -0.4 is 5.73 Å². The van der Waals surface area contributed by atoms with Crippen LogP contribution in [0, 0.1) is 0 Å². The Hall–Kier alpha value is -0.540. The van der Waals surface area contributed by atoms with Gasteiger partial charge >= 0.3 is 0 Å². The molecule has 0 aliphatic carbocycles. The van der Waals surface area contributed by atoms with E-state index < -0.39 is 10.8 Å². The molecule has 2 N–H and O–H groups in total. The van der Waals surface area contributed by atoms with Gasteiger partial charge in [0.15, 0.2) is 0 Å². The van der Waals surface area contributed by atoms with Crippen molar-refractivity contribution >= 4 is 33.4 Å². The maximum atomic E-state index is 11.4. The molecule has 0 heterocycles. The Kier molecular flexibility index (Phi) is 4.17. The van der Waals surface area contributed by atoms with Crippen molar-refractivity contribution in [2.45, 2.75) is 24.6 Å². The first kappa shape index (κ1) is 12.5. The van der Waals surface area contributed by atoms with Crippen molar-refractivity contribution in [3.8, 4) is 0 Å². The van der Waals surface area contributed by atoms with Crippen molar-refractivity contribution in [1.82, 2.24) is 0 Å². The van der Waals surface area contributed by atoms with Crippen LogP contribution in [0.3, 0.4) is 0 Å². The molecule has 0 aliphatic rings. The Labute approximate surface area is 103 Å². The lowest BCUT2D eigenvalue weighted by Crippen LogP contribution is -2.36. The third kappa shape index (κ3) is 2.73. The molecule has 0 saturated heterocycles. The number of carbonyl (C=O) groups excluding carboxylic acids is 1. The number of alkyl halides is 1. The Bertz CT molecular complexity index is 352. The van der Waals surface area contributed by atoms with E-state index in [4.69, 9.17) is 17.3 Å². The molecule has 1 aromatic rings. The van der Waals surface area contributed by atoms with Crippen LogP contribution in [0.5, 0.6) is 0 Å². The van der Waals surface area contributed by atoms with Crippen molar-refractivity contribution in [3.63, 3.8) is 0 Å². The second-order valence-corrected chi connectivity index (χ2v) is 4.98. The molecule has 4 heteroatoms. The van der Waals surface area contributed by atoms with Gasteiger partial charge in [0.05, 0.1) is 0 Å². The molecule has 1 aromatic carbocycles. The summed E-state index contributed by atoms with van der Waals surface area (Å²) in [6, 6.07) is 7.34. The van der Waals surface area contributed by atoms with Crippen molar-refractivity contribution in [2.24, 2.45) is 5.73 Å². The minimum absolute atomic E-state index is 0.492. The Balaban J connectivity index is 3.09. The molecule has 0 fully saturated rings. The first-order valence-electron chi connectivity index (χ1n) is 4.75. The van der Waals surface area contributed by atoms with Crippen LogP contribution in [-0.4, -0.2) is 5.91 Å². The Morgan fingerprint density at radius 3 is 2.40 bits per heavy atom. The highest BCUT2D eigenvalue weighted by Gasteiger charge is 2.34. The van der Waals surface area contributed by atoms with Gasteiger partial charge in [0.2, 0.25) is 5.91 Å². The lowest BCUT2D eigenvalue weighted by molar-refractivity contribution is -0.121. The predicted molar refractivity (Wildman–Crippen MR) is 65.8 cm³/mol. The molecule has 2 nitrogen and oxygen atoms in total. The van der Waals surface area contributed by atoms with Crippen molar-refractivity contribution in [1.29, 1.82) is 0 Å². The van der Waals surface area contributed by atoms with Crippen molar-refractivity contribution < 1.29 is 4.79 Å². The summed E-state index contributed by atoms with van der Waals surface area (Å²) in [5.41, 5.74) is 6.10. The van der Waals surface area contributed by atoms with Crippen LogP contribution in [0.15, 0.2) is 28.7 Å². The zero-order valence-electron chi connectivity index (χ0n) is 8.47. The van der Waals surface area contributed by atoms with Crippen molar-refractivity contribution in [2.75, 3.05) is 0 Å². The highest BCUT2D eigenvalue weighted by molar-refractivity contribution is 9.10. The second kappa shape index (κ2) is 4.99. The highest BCUT2D eigenvalue weighted by atomic mass is 79.9. The fourth-order valence-corrected chi connectivity index (χ4v) is 2.05. The van der Waals surface area contributed by atoms with Gasteiger partial charge in [-0.3, -0.25) is 4.79 Å². The maximum Gasteiger partial charge on any atom is 0.243 e. The van der Waals surface area contributed by atoms with Crippen molar-refractivity contribution in [3.05, 3.63) is 34.3 Å². The van der Waals surface area contributed by atoms with Crippen LogP contribution >= 0.6 is 27.5 Å². The average molecular weight is 291 g/mol. The Morgan fingerprint density at radius 2 is 2.00 bits per heavy atom. The number of primary amides is 1. The van der Waals surface area contributed by atoms with Gasteiger partial charge in [0.25, 0.3) is 0 Å². The molecular formula is C11H13BrClNO. The van der Waals surface area contributed by atoms with Gasteiger partial charge in [-0.25, -0.2) is 0 Å². The molecule has 1 amide bonds. The third-order valence-corrected chi connectivity index (χ3v) is 3.41. The van der Waals surface area contributed by atoms with E-state index in [1.54, 1.807) is 0 Å². The van der Waals surface area contributed by atoms with Gasteiger partial charge in [0.1, 0.15) is 4.87 Å². The van der Waals surface area contributed by atoms with E-state index >= 15 is 0 Å². The number of hydrogen-bond donors (Lipinski definition) is 1. The largest absolute Gasteiger partial charge is 0.368 e. The first-order chi connectivity index (χ1) is 7.00. The zero-order chi connectivity index (χ0) is 11.5. The molecule has 1 atom stereocenters. The average Bonchev–Trinajstić information content (AvgIpc) is 2.18. The topological polar surface area (TPSA) is 43.1 Å². The minimum atomic E-state index is -1.07. The summed E-state index contributed by atoms with van der Waals surface area (Å²) in [5, 5.41) is 0. The predicted octanol–water partition coefficient (Wildman–Crippen LogP) is 3.17. The van der Waals surface area contributed by atoms with Crippen LogP contribution in [0.1, 0.15) is 25.3 Å². The highest BCUT2D eigenvalue weighted by Crippen LogP contribution is 2.34. The van der Waals surface area contributed by atoms with E-state index in [0.717, 1.165) is 16.5 Å². The monoisotopic (exact) mass is 289 g/mol. The summed E-state index contributed by atoms with van der Waals surface area (Å²) in [6.45, 7) is 1.97. The summed E-state index contributed by atoms with van der Waals surface area (Å²) >= 11 is 9.59. The molecule has 15 heavy (non-hydrogen) atoms. The normalized spacial score (nSPS) is 14.6. The lowest BCUT2D eigenvalue weighted by Gasteiger charge is -2.23. The number of benzene rings is 1. The first-order valence-corrected chi connectivity index (χ1v) is 5.92. The number of amides is 1. The number of hydrogen-bond acceptors (Lipinski definition) is 1. The smallest absolute Gasteiger partial charge is 0.243 e. The molecule has 0 saturated carbocycles. The summed E-state index contributed by atoms with van der Waals surface area (Å²) < 4.78 is 0.950. The number of halogens is 2. The lowest BCUT2D eigenvalue weighted by atomic mass is 9.93. The van der Waals surface area contributed by atoms with E-state index in [1.807, 2.05) is 31.2 Å². The van der Waals surface area contributed by atoms with Crippen LogP contribution in [-0.2, 0) is 9.67 Å². The van der Waals surface area contributed by atoms with Gasteiger partial charge in [0, 0.05) is 4.47 Å². The molecule has 82 valence electrons. The summed E-state index contributed by atoms with van der Waals surface area (Å²) in [7, 11) is 0. The molecule has 0 aromatic heterocycles. The summed E-state index contributed by atoms with van der Waals surface area (Å²) in [4.78, 5) is 10.3.